The Bertz CT molecular complexity index is 832. The minimum atomic E-state index is -1.38. The molecule has 1 aliphatic carbocycles. The first-order chi connectivity index (χ1) is 11.3. The van der Waals surface area contributed by atoms with Crippen molar-refractivity contribution in [2.45, 2.75) is 44.6 Å². The van der Waals surface area contributed by atoms with Crippen molar-refractivity contribution in [2.24, 2.45) is 0 Å². The van der Waals surface area contributed by atoms with E-state index in [0.717, 1.165) is 18.5 Å². The molecule has 1 aromatic carbocycles. The van der Waals surface area contributed by atoms with Gasteiger partial charge in [0.25, 0.3) is 5.91 Å². The van der Waals surface area contributed by atoms with Crippen LogP contribution in [-0.4, -0.2) is 27.5 Å². The molecule has 0 bridgehead atoms. The molecule has 1 atom stereocenters. The number of fused-ring (bicyclic) bond motifs is 1. The highest BCUT2D eigenvalue weighted by Gasteiger charge is 2.34. The molecule has 1 aromatic heterocycles. The first-order valence-electron chi connectivity index (χ1n) is 8.00. The standard InChI is InChI=1S/C18H19FN2O3/c1-3-18(2,17(23)24)21-16(22)13-9-15(10-4-5-10)20-14-7-6-11(19)8-12(13)14/h6-10H,3-5H2,1-2H3,(H,21,22)(H,23,24). The van der Waals surface area contributed by atoms with Crippen LogP contribution in [0.3, 0.4) is 0 Å². The number of nitrogens with one attached hydrogen (secondary N) is 1. The highest BCUT2D eigenvalue weighted by Crippen LogP contribution is 2.40. The lowest BCUT2D eigenvalue weighted by Crippen LogP contribution is -2.51. The Morgan fingerprint density at radius 1 is 1.38 bits per heavy atom. The molecule has 24 heavy (non-hydrogen) atoms. The van der Waals surface area contributed by atoms with Gasteiger partial charge in [-0.3, -0.25) is 9.78 Å². The van der Waals surface area contributed by atoms with Gasteiger partial charge in [0.15, 0.2) is 0 Å². The van der Waals surface area contributed by atoms with Crippen molar-refractivity contribution in [1.82, 2.24) is 10.3 Å². The van der Waals surface area contributed by atoms with E-state index in [9.17, 15) is 19.1 Å². The third-order valence-corrected chi connectivity index (χ3v) is 4.60. The Morgan fingerprint density at radius 3 is 2.67 bits per heavy atom. The van der Waals surface area contributed by atoms with Crippen molar-refractivity contribution < 1.29 is 19.1 Å². The number of halogens is 1. The molecule has 0 spiro atoms. The minimum absolute atomic E-state index is 0.237. The molecule has 0 radical (unpaired) electrons. The molecule has 1 unspecified atom stereocenters. The van der Waals surface area contributed by atoms with Gasteiger partial charge in [0.05, 0.1) is 11.1 Å². The molecule has 1 fully saturated rings. The molecule has 3 rings (SSSR count). The maximum Gasteiger partial charge on any atom is 0.329 e. The first-order valence-corrected chi connectivity index (χ1v) is 8.00. The van der Waals surface area contributed by atoms with E-state index in [1.165, 1.54) is 19.1 Å². The second-order valence-electron chi connectivity index (χ2n) is 6.48. The molecule has 1 saturated carbocycles. The van der Waals surface area contributed by atoms with E-state index in [4.69, 9.17) is 0 Å². The third-order valence-electron chi connectivity index (χ3n) is 4.60. The topological polar surface area (TPSA) is 79.3 Å². The number of amides is 1. The van der Waals surface area contributed by atoms with Crippen LogP contribution >= 0.6 is 0 Å². The Kier molecular flexibility index (Phi) is 3.99. The van der Waals surface area contributed by atoms with Gasteiger partial charge in [-0.2, -0.15) is 0 Å². The number of hydrogen-bond acceptors (Lipinski definition) is 3. The second-order valence-corrected chi connectivity index (χ2v) is 6.48. The molecule has 1 heterocycles. The number of pyridine rings is 1. The van der Waals surface area contributed by atoms with Crippen molar-refractivity contribution in [2.75, 3.05) is 0 Å². The lowest BCUT2D eigenvalue weighted by atomic mass is 9.97. The fraction of sp³-hybridized carbons (Fsp3) is 0.389. The van der Waals surface area contributed by atoms with Crippen molar-refractivity contribution in [3.8, 4) is 0 Å². The van der Waals surface area contributed by atoms with Crippen molar-refractivity contribution in [1.29, 1.82) is 0 Å². The number of carboxylic acids is 1. The molecule has 1 aliphatic rings. The summed E-state index contributed by atoms with van der Waals surface area (Å²) in [6.07, 6.45) is 2.27. The van der Waals surface area contributed by atoms with Gasteiger partial charge in [0.1, 0.15) is 11.4 Å². The van der Waals surface area contributed by atoms with Gasteiger partial charge in [-0.1, -0.05) is 6.92 Å². The summed E-state index contributed by atoms with van der Waals surface area (Å²) in [6, 6.07) is 5.77. The van der Waals surface area contributed by atoms with E-state index >= 15 is 0 Å². The number of hydrogen-bond donors (Lipinski definition) is 2. The molecule has 2 N–H and O–H groups in total. The van der Waals surface area contributed by atoms with Gasteiger partial charge in [0, 0.05) is 17.0 Å². The quantitative estimate of drug-likeness (QED) is 0.882. The molecular formula is C18H19FN2O3. The number of aliphatic carboxylic acids is 1. The highest BCUT2D eigenvalue weighted by molar-refractivity contribution is 6.07. The fourth-order valence-corrected chi connectivity index (χ4v) is 2.61. The largest absolute Gasteiger partial charge is 0.480 e. The van der Waals surface area contributed by atoms with Crippen LogP contribution in [0, 0.1) is 5.82 Å². The predicted molar refractivity (Wildman–Crippen MR) is 87.5 cm³/mol. The summed E-state index contributed by atoms with van der Waals surface area (Å²) in [5, 5.41) is 12.3. The van der Waals surface area contributed by atoms with Gasteiger partial charge in [0.2, 0.25) is 0 Å². The van der Waals surface area contributed by atoms with Gasteiger partial charge in [-0.25, -0.2) is 9.18 Å². The van der Waals surface area contributed by atoms with Gasteiger partial charge in [-0.15, -0.1) is 0 Å². The van der Waals surface area contributed by atoms with Crippen LogP contribution in [0.1, 0.15) is 55.1 Å². The number of carbonyl (C=O) groups is 2. The zero-order valence-corrected chi connectivity index (χ0v) is 13.6. The Labute approximate surface area is 138 Å². The third kappa shape index (κ3) is 2.96. The molecule has 2 aromatic rings. The molecule has 6 heteroatoms. The van der Waals surface area contributed by atoms with E-state index < -0.39 is 23.2 Å². The van der Waals surface area contributed by atoms with E-state index in [0.29, 0.717) is 16.8 Å². The average Bonchev–Trinajstić information content (AvgIpc) is 3.38. The van der Waals surface area contributed by atoms with Crippen molar-refractivity contribution >= 4 is 22.8 Å². The number of carboxylic acid groups (broad SMARTS) is 1. The number of carbonyl (C=O) groups excluding carboxylic acids is 1. The summed E-state index contributed by atoms with van der Waals surface area (Å²) >= 11 is 0. The number of nitrogens with zero attached hydrogens (tertiary/aromatic N) is 1. The SMILES string of the molecule is CCC(C)(NC(=O)c1cc(C2CC2)nc2ccc(F)cc12)C(=O)O. The number of aromatic nitrogens is 1. The predicted octanol–water partition coefficient (Wildman–Crippen LogP) is 3.23. The maximum atomic E-state index is 13.6. The average molecular weight is 330 g/mol. The second kappa shape index (κ2) is 5.85. The molecular weight excluding hydrogens is 311 g/mol. The van der Waals surface area contributed by atoms with Crippen LogP contribution in [0.25, 0.3) is 10.9 Å². The minimum Gasteiger partial charge on any atom is -0.480 e. The zero-order chi connectivity index (χ0) is 17.5. The Balaban J connectivity index is 2.08. The lowest BCUT2D eigenvalue weighted by molar-refractivity contribution is -0.143. The fourth-order valence-electron chi connectivity index (χ4n) is 2.61. The van der Waals surface area contributed by atoms with Gasteiger partial charge in [-0.05, 0) is 50.5 Å². The molecule has 0 saturated heterocycles. The van der Waals surface area contributed by atoms with Crippen molar-refractivity contribution in [3.63, 3.8) is 0 Å². The smallest absolute Gasteiger partial charge is 0.329 e. The first kappa shape index (κ1) is 16.4. The number of benzene rings is 1. The highest BCUT2D eigenvalue weighted by atomic mass is 19.1. The van der Waals surface area contributed by atoms with E-state index in [1.54, 1.807) is 19.1 Å². The summed E-state index contributed by atoms with van der Waals surface area (Å²) in [5.41, 5.74) is 0.231. The molecule has 0 aliphatic heterocycles. The van der Waals surface area contributed by atoms with E-state index in [2.05, 4.69) is 10.3 Å². The monoisotopic (exact) mass is 330 g/mol. The van der Waals surface area contributed by atoms with E-state index in [1.807, 2.05) is 0 Å². The summed E-state index contributed by atoms with van der Waals surface area (Å²) in [5.74, 6) is -1.77. The van der Waals surface area contributed by atoms with Crippen LogP contribution in [0.15, 0.2) is 24.3 Å². The van der Waals surface area contributed by atoms with E-state index in [-0.39, 0.29) is 12.0 Å². The lowest BCUT2D eigenvalue weighted by Gasteiger charge is -2.25. The van der Waals surface area contributed by atoms with Crippen LogP contribution in [0.5, 0.6) is 0 Å². The molecule has 1 amide bonds. The number of rotatable bonds is 5. The summed E-state index contributed by atoms with van der Waals surface area (Å²) in [7, 11) is 0. The van der Waals surface area contributed by atoms with Crippen LogP contribution in [-0.2, 0) is 4.79 Å². The van der Waals surface area contributed by atoms with Crippen molar-refractivity contribution in [3.05, 3.63) is 41.3 Å². The Morgan fingerprint density at radius 2 is 2.08 bits per heavy atom. The zero-order valence-electron chi connectivity index (χ0n) is 13.6. The maximum absolute atomic E-state index is 13.6. The molecule has 5 nitrogen and oxygen atoms in total. The van der Waals surface area contributed by atoms with Gasteiger partial charge < -0.3 is 10.4 Å². The summed E-state index contributed by atoms with van der Waals surface area (Å²) < 4.78 is 13.6. The van der Waals surface area contributed by atoms with Crippen LogP contribution in [0.4, 0.5) is 4.39 Å². The van der Waals surface area contributed by atoms with Crippen LogP contribution in [0.2, 0.25) is 0 Å². The van der Waals surface area contributed by atoms with Crippen LogP contribution < -0.4 is 5.32 Å². The Hall–Kier alpha value is -2.50. The summed E-state index contributed by atoms with van der Waals surface area (Å²) in [6.45, 7) is 3.15. The normalized spacial score (nSPS) is 16.6. The van der Waals surface area contributed by atoms with Gasteiger partial charge >= 0.3 is 5.97 Å². The summed E-state index contributed by atoms with van der Waals surface area (Å²) in [4.78, 5) is 28.7. The molecule has 126 valence electrons.